The van der Waals surface area contributed by atoms with Crippen molar-refractivity contribution in [2.75, 3.05) is 14.1 Å². The molecule has 0 bridgehead atoms. The van der Waals surface area contributed by atoms with E-state index >= 15 is 0 Å². The van der Waals surface area contributed by atoms with E-state index in [1.807, 2.05) is 0 Å². The Kier molecular flexibility index (Phi) is 3.18. The Morgan fingerprint density at radius 2 is 2.25 bits per heavy atom. The van der Waals surface area contributed by atoms with Crippen molar-refractivity contribution >= 4 is 18.8 Å². The lowest BCUT2D eigenvalue weighted by molar-refractivity contribution is 0.436. The zero-order valence-corrected chi connectivity index (χ0v) is 5.81. The second kappa shape index (κ2) is 3.43. The quantitative estimate of drug-likeness (QED) is 0.191. The molecule has 0 amide bonds. The van der Waals surface area contributed by atoms with Crippen molar-refractivity contribution < 1.29 is 0 Å². The van der Waals surface area contributed by atoms with E-state index in [-0.39, 0.29) is 0 Å². The van der Waals surface area contributed by atoms with Gasteiger partial charge in [0.2, 0.25) is 5.96 Å². The molecule has 0 aliphatic heterocycles. The van der Waals surface area contributed by atoms with Gasteiger partial charge < -0.3 is 10.5 Å². The van der Waals surface area contributed by atoms with Gasteiger partial charge in [0.1, 0.15) is 0 Å². The molecule has 0 radical (unpaired) electrons. The highest BCUT2D eigenvalue weighted by atomic mass is 32.1. The van der Waals surface area contributed by atoms with Crippen molar-refractivity contribution in [1.82, 2.24) is 9.73 Å². The van der Waals surface area contributed by atoms with Gasteiger partial charge in [0.05, 0.1) is 0 Å². The third-order valence-corrected chi connectivity index (χ3v) is 0.651. The first-order valence-electron chi connectivity index (χ1n) is 2.08. The third kappa shape index (κ3) is 3.60. The lowest BCUT2D eigenvalue weighted by atomic mass is 11.1. The second-order valence-corrected chi connectivity index (χ2v) is 1.67. The molecule has 0 heterocycles. The minimum atomic E-state index is 0.290. The minimum Gasteiger partial charge on any atom is -0.368 e. The van der Waals surface area contributed by atoms with Crippen LogP contribution in [0, 0.1) is 0 Å². The van der Waals surface area contributed by atoms with Crippen LogP contribution in [0.15, 0.2) is 5.10 Å². The molecule has 0 atom stereocenters. The zero-order chi connectivity index (χ0) is 6.57. The van der Waals surface area contributed by atoms with Crippen LogP contribution < -0.4 is 10.5 Å². The molecule has 5 heteroatoms. The smallest absolute Gasteiger partial charge is 0.221 e. The van der Waals surface area contributed by atoms with Gasteiger partial charge in [0, 0.05) is 14.1 Å². The second-order valence-electron chi connectivity index (χ2n) is 1.44. The van der Waals surface area contributed by atoms with Crippen LogP contribution in [0.4, 0.5) is 0 Å². The summed E-state index contributed by atoms with van der Waals surface area (Å²) in [5, 5.41) is 5.32. The minimum absolute atomic E-state index is 0.290. The van der Waals surface area contributed by atoms with Gasteiger partial charge in [0.15, 0.2) is 0 Å². The molecule has 0 rings (SSSR count). The van der Waals surface area contributed by atoms with Crippen LogP contribution in [0.1, 0.15) is 0 Å². The Hall–Kier alpha value is -0.580. The summed E-state index contributed by atoms with van der Waals surface area (Å²) in [5.41, 5.74) is 5.19. The monoisotopic (exact) mass is 134 g/mol. The van der Waals surface area contributed by atoms with Crippen LogP contribution in [0.5, 0.6) is 0 Å². The normalized spacial score (nSPS) is 11.1. The van der Waals surface area contributed by atoms with Crippen molar-refractivity contribution in [3.05, 3.63) is 0 Å². The van der Waals surface area contributed by atoms with E-state index in [0.29, 0.717) is 5.96 Å². The number of hydrogen-bond donors (Lipinski definition) is 3. The molecule has 0 spiro atoms. The molecule has 3 N–H and O–H groups in total. The van der Waals surface area contributed by atoms with E-state index in [4.69, 9.17) is 5.73 Å². The summed E-state index contributed by atoms with van der Waals surface area (Å²) < 4.78 is 2.38. The van der Waals surface area contributed by atoms with Crippen molar-refractivity contribution in [1.29, 1.82) is 0 Å². The predicted octanol–water partition coefficient (Wildman–Crippen LogP) is -0.788. The van der Waals surface area contributed by atoms with Crippen LogP contribution in [-0.4, -0.2) is 25.1 Å². The first-order chi connectivity index (χ1) is 3.66. The van der Waals surface area contributed by atoms with Crippen LogP contribution in [0.3, 0.4) is 0 Å². The molecule has 48 valence electrons. The van der Waals surface area contributed by atoms with E-state index in [9.17, 15) is 0 Å². The molecular weight excluding hydrogens is 124 g/mol. The molecule has 4 nitrogen and oxygen atoms in total. The summed E-state index contributed by atoms with van der Waals surface area (Å²) in [7, 11) is 3.55. The van der Waals surface area contributed by atoms with Crippen LogP contribution in [0.2, 0.25) is 0 Å². The fourth-order valence-corrected chi connectivity index (χ4v) is 0.283. The molecule has 0 aliphatic rings. The molecule has 0 fully saturated rings. The molecule has 0 aromatic heterocycles. The standard InChI is InChI=1S/C3H10N4S/c1-7(2)5-3(4)6-8/h8H,1-2H3,(H3,4,5,6). The predicted molar refractivity (Wildman–Crippen MR) is 37.4 cm³/mol. The van der Waals surface area contributed by atoms with Crippen molar-refractivity contribution in [2.45, 2.75) is 0 Å². The van der Waals surface area contributed by atoms with E-state index in [1.54, 1.807) is 19.1 Å². The number of nitrogens with one attached hydrogen (secondary N) is 1. The summed E-state index contributed by atoms with van der Waals surface area (Å²) >= 11 is 3.66. The molecular formula is C3H10N4S. The highest BCUT2D eigenvalue weighted by molar-refractivity contribution is 7.78. The number of guanidine groups is 1. The molecule has 0 saturated heterocycles. The average Bonchev–Trinajstić information content (AvgIpc) is 1.65. The molecule has 0 aromatic carbocycles. The van der Waals surface area contributed by atoms with Gasteiger partial charge in [-0.15, -0.1) is 5.10 Å². The Balaban J connectivity index is 3.56. The number of hydrogen-bond acceptors (Lipinski definition) is 3. The van der Waals surface area contributed by atoms with Crippen molar-refractivity contribution in [3.63, 3.8) is 0 Å². The zero-order valence-electron chi connectivity index (χ0n) is 4.92. The SMILES string of the molecule is CN(C)N=C(N)NS. The fourth-order valence-electron chi connectivity index (χ4n) is 0.238. The largest absolute Gasteiger partial charge is 0.368 e. The number of thiol groups is 1. The molecule has 0 aromatic rings. The number of nitrogens with zero attached hydrogens (tertiary/aromatic N) is 2. The summed E-state index contributed by atoms with van der Waals surface area (Å²) in [6.45, 7) is 0. The van der Waals surface area contributed by atoms with E-state index in [2.05, 4.69) is 22.6 Å². The number of hydrazone groups is 1. The molecule has 0 unspecified atom stereocenters. The highest BCUT2D eigenvalue weighted by Crippen LogP contribution is 1.72. The Morgan fingerprint density at radius 3 is 2.38 bits per heavy atom. The van der Waals surface area contributed by atoms with Gasteiger partial charge >= 0.3 is 0 Å². The van der Waals surface area contributed by atoms with Crippen LogP contribution >= 0.6 is 12.8 Å². The maximum atomic E-state index is 5.19. The summed E-state index contributed by atoms with van der Waals surface area (Å²) in [6, 6.07) is 0. The Bertz CT molecular complexity index is 89.3. The maximum absolute atomic E-state index is 5.19. The maximum Gasteiger partial charge on any atom is 0.221 e. The lowest BCUT2D eigenvalue weighted by Gasteiger charge is -2.04. The molecule has 8 heavy (non-hydrogen) atoms. The molecule has 0 aliphatic carbocycles. The Labute approximate surface area is 54.3 Å². The van der Waals surface area contributed by atoms with E-state index < -0.39 is 0 Å². The van der Waals surface area contributed by atoms with Gasteiger partial charge in [-0.25, -0.2) is 0 Å². The third-order valence-electron chi connectivity index (χ3n) is 0.422. The summed E-state index contributed by atoms with van der Waals surface area (Å²) in [4.78, 5) is 0. The summed E-state index contributed by atoms with van der Waals surface area (Å²) in [6.07, 6.45) is 0. The van der Waals surface area contributed by atoms with Gasteiger partial charge in [-0.05, 0) is 0 Å². The fraction of sp³-hybridized carbons (Fsp3) is 0.667. The van der Waals surface area contributed by atoms with Gasteiger partial charge in [-0.1, -0.05) is 12.8 Å². The number of rotatable bonds is 1. The van der Waals surface area contributed by atoms with Crippen LogP contribution in [-0.2, 0) is 0 Å². The van der Waals surface area contributed by atoms with Crippen molar-refractivity contribution in [3.8, 4) is 0 Å². The summed E-state index contributed by atoms with van der Waals surface area (Å²) in [5.74, 6) is 0.290. The average molecular weight is 134 g/mol. The topological polar surface area (TPSA) is 53.6 Å². The van der Waals surface area contributed by atoms with Crippen molar-refractivity contribution in [2.24, 2.45) is 10.8 Å². The van der Waals surface area contributed by atoms with E-state index in [1.165, 1.54) is 0 Å². The van der Waals surface area contributed by atoms with Gasteiger partial charge in [-0.2, -0.15) is 0 Å². The molecule has 0 saturated carbocycles. The number of nitrogens with two attached hydrogens (primary N) is 1. The first-order valence-corrected chi connectivity index (χ1v) is 2.53. The Morgan fingerprint density at radius 1 is 1.75 bits per heavy atom. The van der Waals surface area contributed by atoms with Gasteiger partial charge in [-0.3, -0.25) is 5.01 Å². The van der Waals surface area contributed by atoms with Gasteiger partial charge in [0.25, 0.3) is 0 Å². The van der Waals surface area contributed by atoms with E-state index in [0.717, 1.165) is 0 Å². The first kappa shape index (κ1) is 7.42. The lowest BCUT2D eigenvalue weighted by Crippen LogP contribution is -2.26. The highest BCUT2D eigenvalue weighted by Gasteiger charge is 1.83. The van der Waals surface area contributed by atoms with Crippen LogP contribution in [0.25, 0.3) is 0 Å².